The summed E-state index contributed by atoms with van der Waals surface area (Å²) in [6.45, 7) is 0. The average Bonchev–Trinajstić information content (AvgIpc) is 2.17. The van der Waals surface area contributed by atoms with Crippen LogP contribution < -0.4 is 0 Å². The van der Waals surface area contributed by atoms with E-state index in [4.69, 9.17) is 0 Å². The Morgan fingerprint density at radius 2 is 2.43 bits per heavy atom. The monoisotopic (exact) mass is 193 g/mol. The lowest BCUT2D eigenvalue weighted by atomic mass is 10.3. The smallest absolute Gasteiger partial charge is 0.339 e. The van der Waals surface area contributed by atoms with Crippen molar-refractivity contribution in [3.8, 4) is 0 Å². The highest BCUT2D eigenvalue weighted by atomic mass is 19.1. The molecule has 1 rings (SSSR count). The van der Waals surface area contributed by atoms with Gasteiger partial charge in [0.15, 0.2) is 0 Å². The van der Waals surface area contributed by atoms with E-state index in [0.717, 1.165) is 6.08 Å². The van der Waals surface area contributed by atoms with E-state index in [1.807, 2.05) is 0 Å². The van der Waals surface area contributed by atoms with Crippen molar-refractivity contribution in [2.75, 3.05) is 7.11 Å². The molecule has 0 aliphatic heterocycles. The maximum Gasteiger partial charge on any atom is 0.339 e. The first-order valence-corrected chi connectivity index (χ1v) is 3.85. The van der Waals surface area contributed by atoms with E-state index in [1.54, 1.807) is 6.07 Å². The van der Waals surface area contributed by atoms with Crippen molar-refractivity contribution in [1.82, 2.24) is 0 Å². The van der Waals surface area contributed by atoms with Crippen LogP contribution in [0.4, 0.5) is 10.1 Å². The van der Waals surface area contributed by atoms with E-state index in [-0.39, 0.29) is 5.82 Å². The Morgan fingerprint density at radius 1 is 1.64 bits per heavy atom. The predicted octanol–water partition coefficient (Wildman–Crippen LogP) is 1.86. The van der Waals surface area contributed by atoms with Gasteiger partial charge in [0.05, 0.1) is 18.9 Å². The van der Waals surface area contributed by atoms with Crippen molar-refractivity contribution >= 4 is 17.5 Å². The third-order valence-electron chi connectivity index (χ3n) is 1.39. The van der Waals surface area contributed by atoms with Gasteiger partial charge in [-0.3, -0.25) is 0 Å². The van der Waals surface area contributed by atoms with Crippen molar-refractivity contribution in [2.24, 2.45) is 4.99 Å². The third kappa shape index (κ3) is 3.21. The predicted molar refractivity (Wildman–Crippen MR) is 50.1 cm³/mol. The summed E-state index contributed by atoms with van der Waals surface area (Å²) in [5.41, 5.74) is 0.394. The van der Waals surface area contributed by atoms with Crippen molar-refractivity contribution < 1.29 is 13.9 Å². The first-order chi connectivity index (χ1) is 6.72. The second-order valence-corrected chi connectivity index (χ2v) is 2.39. The van der Waals surface area contributed by atoms with Gasteiger partial charge >= 0.3 is 5.97 Å². The van der Waals surface area contributed by atoms with Crippen LogP contribution in [-0.4, -0.2) is 18.9 Å². The number of rotatable bonds is 2. The number of methoxy groups -OCH3 is 1. The molecular formula is C10H8FNO2. The van der Waals surface area contributed by atoms with Gasteiger partial charge in [0, 0.05) is 6.07 Å². The fourth-order valence-corrected chi connectivity index (χ4v) is 0.764. The first-order valence-electron chi connectivity index (χ1n) is 3.85. The number of hydrogen-bond acceptors (Lipinski definition) is 3. The normalized spacial score (nSPS) is 8.71. The molecule has 4 heteroatoms. The number of hydrogen-bond donors (Lipinski definition) is 0. The lowest BCUT2D eigenvalue weighted by Crippen LogP contribution is -1.93. The molecule has 0 unspecified atom stereocenters. The average molecular weight is 193 g/mol. The van der Waals surface area contributed by atoms with Crippen molar-refractivity contribution in [1.29, 1.82) is 0 Å². The minimum absolute atomic E-state index is 0.383. The number of benzene rings is 1. The number of nitrogens with zero attached hydrogens (tertiary/aromatic N) is 1. The molecule has 0 aromatic heterocycles. The zero-order valence-corrected chi connectivity index (χ0v) is 7.53. The topological polar surface area (TPSA) is 38.7 Å². The van der Waals surface area contributed by atoms with E-state index >= 15 is 0 Å². The summed E-state index contributed by atoms with van der Waals surface area (Å²) < 4.78 is 17.0. The van der Waals surface area contributed by atoms with Gasteiger partial charge in [0.25, 0.3) is 0 Å². The standard InChI is InChI=1S/C10H8FNO2/c1-14-10(13)5-6-12-9-4-2-3-8(11)7-9/h2-5,7H,1H3. The van der Waals surface area contributed by atoms with Crippen LogP contribution in [0.1, 0.15) is 0 Å². The molecule has 0 radical (unpaired) electrons. The van der Waals surface area contributed by atoms with Crippen LogP contribution >= 0.6 is 0 Å². The largest absolute Gasteiger partial charge is 0.465 e. The molecule has 72 valence electrons. The minimum Gasteiger partial charge on any atom is -0.465 e. The van der Waals surface area contributed by atoms with Crippen LogP contribution in [0.3, 0.4) is 0 Å². The zero-order valence-electron chi connectivity index (χ0n) is 7.53. The highest BCUT2D eigenvalue weighted by Gasteiger charge is 1.91. The summed E-state index contributed by atoms with van der Waals surface area (Å²) in [6.07, 6.45) is 1.03. The summed E-state index contributed by atoms with van der Waals surface area (Å²) in [5, 5.41) is 0. The third-order valence-corrected chi connectivity index (χ3v) is 1.39. The van der Waals surface area contributed by atoms with Gasteiger partial charge in [-0.1, -0.05) is 6.07 Å². The van der Waals surface area contributed by atoms with Gasteiger partial charge < -0.3 is 4.74 Å². The minimum atomic E-state index is -0.551. The van der Waals surface area contributed by atoms with Crippen molar-refractivity contribution in [3.63, 3.8) is 0 Å². The number of aliphatic imine (C=N–C) groups is 1. The first kappa shape index (κ1) is 10.2. The number of esters is 1. The van der Waals surface area contributed by atoms with Crippen LogP contribution in [0, 0.1) is 5.82 Å². The summed E-state index contributed by atoms with van der Waals surface area (Å²) >= 11 is 0. The molecule has 0 atom stereocenters. The molecule has 0 aliphatic rings. The Bertz CT molecular complexity index is 395. The number of ether oxygens (including phenoxy) is 1. The molecule has 14 heavy (non-hydrogen) atoms. The molecule has 0 N–H and O–H groups in total. The Labute approximate surface area is 80.5 Å². The zero-order chi connectivity index (χ0) is 10.4. The number of carbonyl (C=O) groups is 1. The van der Waals surface area contributed by atoms with Crippen LogP contribution in [0.15, 0.2) is 35.3 Å². The molecule has 0 fully saturated rings. The van der Waals surface area contributed by atoms with Gasteiger partial charge in [-0.15, -0.1) is 0 Å². The molecule has 0 aliphatic carbocycles. The molecule has 1 aromatic carbocycles. The highest BCUT2D eigenvalue weighted by Crippen LogP contribution is 2.11. The van der Waals surface area contributed by atoms with Gasteiger partial charge in [-0.25, -0.2) is 14.2 Å². The van der Waals surface area contributed by atoms with E-state index in [1.165, 1.54) is 25.3 Å². The molecule has 0 saturated carbocycles. The highest BCUT2D eigenvalue weighted by molar-refractivity contribution is 5.91. The van der Waals surface area contributed by atoms with Gasteiger partial charge in [-0.05, 0) is 18.0 Å². The van der Waals surface area contributed by atoms with Gasteiger partial charge in [0.2, 0.25) is 0 Å². The lowest BCUT2D eigenvalue weighted by molar-refractivity contribution is -0.134. The maximum atomic E-state index is 12.6. The van der Waals surface area contributed by atoms with E-state index in [2.05, 4.69) is 15.6 Å². The molecule has 0 amide bonds. The van der Waals surface area contributed by atoms with Gasteiger partial charge in [0.1, 0.15) is 5.82 Å². The molecule has 1 aromatic rings. The Balaban J connectivity index is 2.78. The number of carbonyl (C=O) groups excluding carboxylic acids is 1. The second-order valence-electron chi connectivity index (χ2n) is 2.39. The Kier molecular flexibility index (Phi) is 3.58. The molecule has 3 nitrogen and oxygen atoms in total. The van der Waals surface area contributed by atoms with E-state index < -0.39 is 5.97 Å². The second kappa shape index (κ2) is 4.94. The Morgan fingerprint density at radius 3 is 3.07 bits per heavy atom. The fraction of sp³-hybridized carbons (Fsp3) is 0.100. The van der Waals surface area contributed by atoms with Crippen molar-refractivity contribution in [3.05, 3.63) is 36.2 Å². The molecule has 0 heterocycles. The summed E-state index contributed by atoms with van der Waals surface area (Å²) in [5.74, 6) is 1.40. The van der Waals surface area contributed by atoms with Gasteiger partial charge in [-0.2, -0.15) is 0 Å². The maximum absolute atomic E-state index is 12.6. The van der Waals surface area contributed by atoms with Crippen molar-refractivity contribution in [2.45, 2.75) is 0 Å². The molecular weight excluding hydrogens is 185 g/mol. The SMILES string of the molecule is COC(=O)C=C=Nc1cccc(F)c1. The van der Waals surface area contributed by atoms with Crippen LogP contribution in [0.25, 0.3) is 0 Å². The number of halogens is 1. The molecule has 0 spiro atoms. The fourth-order valence-electron chi connectivity index (χ4n) is 0.764. The summed E-state index contributed by atoms with van der Waals surface area (Å²) in [4.78, 5) is 14.3. The van der Waals surface area contributed by atoms with E-state index in [9.17, 15) is 9.18 Å². The van der Waals surface area contributed by atoms with Crippen LogP contribution in [0.5, 0.6) is 0 Å². The quantitative estimate of drug-likeness (QED) is 0.408. The Hall–Kier alpha value is -1.93. The van der Waals surface area contributed by atoms with E-state index in [0.29, 0.717) is 5.69 Å². The summed E-state index contributed by atoms with van der Waals surface area (Å²) in [7, 11) is 1.25. The molecule has 0 bridgehead atoms. The molecule has 0 saturated heterocycles. The summed E-state index contributed by atoms with van der Waals surface area (Å²) in [6, 6.07) is 5.66. The van der Waals surface area contributed by atoms with Crippen LogP contribution in [0.2, 0.25) is 0 Å². The lowest BCUT2D eigenvalue weighted by Gasteiger charge is -1.89. The van der Waals surface area contributed by atoms with Crippen LogP contribution in [-0.2, 0) is 9.53 Å².